The number of nitrogens with zero attached hydrogens (tertiary/aromatic N) is 1. The first kappa shape index (κ1) is 13.4. The molecule has 1 amide bonds. The molecule has 1 aliphatic rings. The van der Waals surface area contributed by atoms with Gasteiger partial charge in [0.15, 0.2) is 0 Å². The molecule has 5 nitrogen and oxygen atoms in total. The van der Waals surface area contributed by atoms with Gasteiger partial charge in [-0.2, -0.15) is 0 Å². The minimum Gasteiger partial charge on any atom is -0.481 e. The van der Waals surface area contributed by atoms with Gasteiger partial charge in [-0.1, -0.05) is 6.07 Å². The van der Waals surface area contributed by atoms with Crippen molar-refractivity contribution in [1.29, 1.82) is 0 Å². The lowest BCUT2D eigenvalue weighted by atomic mass is 10.1. The van der Waals surface area contributed by atoms with E-state index in [1.165, 1.54) is 0 Å². The van der Waals surface area contributed by atoms with E-state index < -0.39 is 11.7 Å². The van der Waals surface area contributed by atoms with Crippen molar-refractivity contribution in [2.24, 2.45) is 4.99 Å². The number of rotatable bonds is 1. The van der Waals surface area contributed by atoms with Crippen molar-refractivity contribution in [2.75, 3.05) is 12.4 Å². The molecule has 19 heavy (non-hydrogen) atoms. The molecular weight excluding hydrogens is 244 g/mol. The molecule has 0 saturated carbocycles. The van der Waals surface area contributed by atoms with E-state index in [1.54, 1.807) is 7.11 Å². The van der Waals surface area contributed by atoms with Crippen LogP contribution < -0.4 is 5.32 Å². The van der Waals surface area contributed by atoms with E-state index in [0.29, 0.717) is 18.1 Å². The van der Waals surface area contributed by atoms with Crippen LogP contribution in [0, 0.1) is 0 Å². The van der Waals surface area contributed by atoms with Crippen LogP contribution in [0.5, 0.6) is 0 Å². The van der Waals surface area contributed by atoms with Gasteiger partial charge in [-0.3, -0.25) is 5.32 Å². The van der Waals surface area contributed by atoms with Crippen molar-refractivity contribution in [3.63, 3.8) is 0 Å². The van der Waals surface area contributed by atoms with Gasteiger partial charge in [-0.05, 0) is 38.5 Å². The molecule has 0 fully saturated rings. The molecular formula is C14H18N2O3. The van der Waals surface area contributed by atoms with Gasteiger partial charge in [0.2, 0.25) is 5.90 Å². The van der Waals surface area contributed by atoms with Crippen LogP contribution in [0.4, 0.5) is 10.5 Å². The highest BCUT2D eigenvalue weighted by atomic mass is 16.6. The molecule has 1 aromatic carbocycles. The van der Waals surface area contributed by atoms with E-state index >= 15 is 0 Å². The second kappa shape index (κ2) is 4.91. The molecule has 0 unspecified atom stereocenters. The average Bonchev–Trinajstić information content (AvgIpc) is 2.68. The Morgan fingerprint density at radius 3 is 2.74 bits per heavy atom. The van der Waals surface area contributed by atoms with Crippen LogP contribution in [0.1, 0.15) is 31.9 Å². The normalized spacial score (nSPS) is 13.6. The third kappa shape index (κ3) is 3.24. The van der Waals surface area contributed by atoms with E-state index in [9.17, 15) is 4.79 Å². The molecule has 5 heteroatoms. The molecule has 1 aromatic rings. The Labute approximate surface area is 112 Å². The lowest BCUT2D eigenvalue weighted by Gasteiger charge is -2.19. The summed E-state index contributed by atoms with van der Waals surface area (Å²) < 4.78 is 10.4. The molecule has 2 rings (SSSR count). The van der Waals surface area contributed by atoms with E-state index in [1.807, 2.05) is 39.0 Å². The van der Waals surface area contributed by atoms with Gasteiger partial charge in [-0.25, -0.2) is 9.79 Å². The standard InChI is InChI=1S/C14H18N2O3/c1-14(2,3)19-13(17)16-10-6-5-9-8-15-12(18-4)11(9)7-10/h5-7H,8H2,1-4H3,(H,16,17). The van der Waals surface area contributed by atoms with Crippen LogP contribution in [0.3, 0.4) is 0 Å². The molecule has 0 atom stereocenters. The molecule has 102 valence electrons. The van der Waals surface area contributed by atoms with Crippen LogP contribution in [0.2, 0.25) is 0 Å². The Hall–Kier alpha value is -2.04. The maximum absolute atomic E-state index is 11.7. The van der Waals surface area contributed by atoms with Crippen LogP contribution in [-0.4, -0.2) is 24.7 Å². The van der Waals surface area contributed by atoms with Gasteiger partial charge in [0, 0.05) is 11.3 Å². The number of benzene rings is 1. The van der Waals surface area contributed by atoms with Gasteiger partial charge >= 0.3 is 6.09 Å². The monoisotopic (exact) mass is 262 g/mol. The van der Waals surface area contributed by atoms with E-state index in [0.717, 1.165) is 11.1 Å². The average molecular weight is 262 g/mol. The summed E-state index contributed by atoms with van der Waals surface area (Å²) in [5.41, 5.74) is 2.15. The zero-order valence-corrected chi connectivity index (χ0v) is 11.6. The molecule has 1 aliphatic heterocycles. The van der Waals surface area contributed by atoms with Gasteiger partial charge in [0.05, 0.1) is 13.7 Å². The number of fused-ring (bicyclic) bond motifs is 1. The molecule has 0 aromatic heterocycles. The number of nitrogens with one attached hydrogen (secondary N) is 1. The fourth-order valence-electron chi connectivity index (χ4n) is 1.83. The van der Waals surface area contributed by atoms with E-state index in [2.05, 4.69) is 10.3 Å². The third-order valence-corrected chi connectivity index (χ3v) is 2.57. The number of hydrogen-bond donors (Lipinski definition) is 1. The molecule has 0 saturated heterocycles. The number of aliphatic imine (C=N–C) groups is 1. The van der Waals surface area contributed by atoms with Gasteiger partial charge in [0.1, 0.15) is 5.60 Å². The highest BCUT2D eigenvalue weighted by Gasteiger charge is 2.19. The Balaban J connectivity index is 2.11. The summed E-state index contributed by atoms with van der Waals surface area (Å²) in [4.78, 5) is 15.9. The molecule has 1 heterocycles. The van der Waals surface area contributed by atoms with Crippen molar-refractivity contribution in [3.05, 3.63) is 29.3 Å². The fourth-order valence-corrected chi connectivity index (χ4v) is 1.83. The Morgan fingerprint density at radius 2 is 2.11 bits per heavy atom. The Kier molecular flexibility index (Phi) is 3.46. The predicted molar refractivity (Wildman–Crippen MR) is 73.5 cm³/mol. The Morgan fingerprint density at radius 1 is 1.37 bits per heavy atom. The first-order chi connectivity index (χ1) is 8.89. The molecule has 0 bridgehead atoms. The van der Waals surface area contributed by atoms with Gasteiger partial charge in [-0.15, -0.1) is 0 Å². The molecule has 0 radical (unpaired) electrons. The van der Waals surface area contributed by atoms with Crippen LogP contribution in [-0.2, 0) is 16.0 Å². The topological polar surface area (TPSA) is 59.9 Å². The van der Waals surface area contributed by atoms with Crippen LogP contribution in [0.25, 0.3) is 0 Å². The SMILES string of the molecule is COC1=NCc2ccc(NC(=O)OC(C)(C)C)cc21. The van der Waals surface area contributed by atoms with E-state index in [4.69, 9.17) is 9.47 Å². The number of anilines is 1. The summed E-state index contributed by atoms with van der Waals surface area (Å²) in [7, 11) is 1.59. The largest absolute Gasteiger partial charge is 0.481 e. The minimum atomic E-state index is -0.514. The van der Waals surface area contributed by atoms with Crippen molar-refractivity contribution in [3.8, 4) is 0 Å². The summed E-state index contributed by atoms with van der Waals surface area (Å²) >= 11 is 0. The van der Waals surface area contributed by atoms with Gasteiger partial charge in [0.25, 0.3) is 0 Å². The fraction of sp³-hybridized carbons (Fsp3) is 0.429. The zero-order chi connectivity index (χ0) is 14.0. The number of hydrogen-bond acceptors (Lipinski definition) is 4. The predicted octanol–water partition coefficient (Wildman–Crippen LogP) is 2.94. The van der Waals surface area contributed by atoms with Crippen molar-refractivity contribution < 1.29 is 14.3 Å². The first-order valence-electron chi connectivity index (χ1n) is 6.11. The molecule has 0 spiro atoms. The summed E-state index contributed by atoms with van der Waals surface area (Å²) in [5.74, 6) is 0.600. The minimum absolute atomic E-state index is 0.471. The number of methoxy groups -OCH3 is 1. The maximum Gasteiger partial charge on any atom is 0.412 e. The highest BCUT2D eigenvalue weighted by Crippen LogP contribution is 2.23. The smallest absolute Gasteiger partial charge is 0.412 e. The van der Waals surface area contributed by atoms with Crippen molar-refractivity contribution >= 4 is 17.7 Å². The second-order valence-corrected chi connectivity index (χ2v) is 5.32. The maximum atomic E-state index is 11.7. The number of carbonyl (C=O) groups excluding carboxylic acids is 1. The van der Waals surface area contributed by atoms with Crippen LogP contribution in [0.15, 0.2) is 23.2 Å². The lowest BCUT2D eigenvalue weighted by Crippen LogP contribution is -2.27. The van der Waals surface area contributed by atoms with Crippen LogP contribution >= 0.6 is 0 Å². The lowest BCUT2D eigenvalue weighted by molar-refractivity contribution is 0.0636. The Bertz CT molecular complexity index is 530. The second-order valence-electron chi connectivity index (χ2n) is 5.32. The van der Waals surface area contributed by atoms with E-state index in [-0.39, 0.29) is 0 Å². The first-order valence-corrected chi connectivity index (χ1v) is 6.11. The van der Waals surface area contributed by atoms with Crippen molar-refractivity contribution in [1.82, 2.24) is 0 Å². The zero-order valence-electron chi connectivity index (χ0n) is 11.6. The third-order valence-electron chi connectivity index (χ3n) is 2.57. The summed E-state index contributed by atoms with van der Waals surface area (Å²) in [6.07, 6.45) is -0.471. The summed E-state index contributed by atoms with van der Waals surface area (Å²) in [5, 5.41) is 2.70. The highest BCUT2D eigenvalue weighted by molar-refractivity contribution is 5.99. The van der Waals surface area contributed by atoms with Gasteiger partial charge < -0.3 is 9.47 Å². The number of amides is 1. The quantitative estimate of drug-likeness (QED) is 0.846. The molecule has 0 aliphatic carbocycles. The molecule has 1 N–H and O–H groups in total. The number of carbonyl (C=O) groups is 1. The number of ether oxygens (including phenoxy) is 2. The summed E-state index contributed by atoms with van der Waals surface area (Å²) in [6, 6.07) is 5.60. The summed E-state index contributed by atoms with van der Waals surface area (Å²) in [6.45, 7) is 6.09. The van der Waals surface area contributed by atoms with Crippen molar-refractivity contribution in [2.45, 2.75) is 32.9 Å².